The number of benzene rings is 2. The summed E-state index contributed by atoms with van der Waals surface area (Å²) in [6.45, 7) is 4.33. The fourth-order valence-electron chi connectivity index (χ4n) is 2.48. The number of hydrogen-bond acceptors (Lipinski definition) is 5. The highest BCUT2D eigenvalue weighted by molar-refractivity contribution is 9.10. The van der Waals surface area contributed by atoms with E-state index in [1.165, 1.54) is 11.8 Å². The Morgan fingerprint density at radius 3 is 2.68 bits per heavy atom. The number of halogens is 1. The molecule has 0 atom stereocenters. The van der Waals surface area contributed by atoms with Gasteiger partial charge in [-0.3, -0.25) is 4.79 Å². The Balaban J connectivity index is 1.54. The van der Waals surface area contributed by atoms with Crippen molar-refractivity contribution in [2.75, 3.05) is 11.1 Å². The molecule has 0 aliphatic carbocycles. The summed E-state index contributed by atoms with van der Waals surface area (Å²) in [6.07, 6.45) is 0. The van der Waals surface area contributed by atoms with Gasteiger partial charge in [-0.2, -0.15) is 0 Å². The van der Waals surface area contributed by atoms with Crippen LogP contribution in [-0.2, 0) is 18.4 Å². The lowest BCUT2D eigenvalue weighted by Crippen LogP contribution is -2.15. The topological polar surface area (TPSA) is 69.0 Å². The van der Waals surface area contributed by atoms with E-state index in [0.717, 1.165) is 27.0 Å². The number of aromatic nitrogens is 3. The normalized spacial score (nSPS) is 10.7. The average molecular weight is 461 g/mol. The van der Waals surface area contributed by atoms with Gasteiger partial charge in [-0.1, -0.05) is 39.8 Å². The highest BCUT2D eigenvalue weighted by atomic mass is 79.9. The summed E-state index contributed by atoms with van der Waals surface area (Å²) in [4.78, 5) is 12.3. The van der Waals surface area contributed by atoms with Crippen LogP contribution in [0.25, 0.3) is 0 Å². The van der Waals surface area contributed by atoms with Crippen LogP contribution in [0.1, 0.15) is 17.0 Å². The Hall–Kier alpha value is -2.32. The molecule has 28 heavy (non-hydrogen) atoms. The Morgan fingerprint density at radius 1 is 1.18 bits per heavy atom. The second-order valence-corrected chi connectivity index (χ2v) is 8.14. The number of nitrogens with one attached hydrogen (secondary N) is 1. The van der Waals surface area contributed by atoms with E-state index in [1.54, 1.807) is 0 Å². The van der Waals surface area contributed by atoms with Gasteiger partial charge in [-0.25, -0.2) is 0 Å². The molecule has 1 N–H and O–H groups in total. The summed E-state index contributed by atoms with van der Waals surface area (Å²) >= 11 is 4.74. The molecule has 2 aromatic carbocycles. The molecular formula is C20H21BrN4O2S. The number of ether oxygens (including phenoxy) is 1. The van der Waals surface area contributed by atoms with Crippen molar-refractivity contribution >= 4 is 39.3 Å². The molecule has 0 saturated heterocycles. The smallest absolute Gasteiger partial charge is 0.234 e. The quantitative estimate of drug-likeness (QED) is 0.525. The largest absolute Gasteiger partial charge is 0.486 e. The average Bonchev–Trinajstić information content (AvgIpc) is 3.03. The summed E-state index contributed by atoms with van der Waals surface area (Å²) < 4.78 is 8.58. The van der Waals surface area contributed by atoms with Gasteiger partial charge in [0.15, 0.2) is 11.0 Å². The number of aryl methyl sites for hydroxylation is 1. The van der Waals surface area contributed by atoms with E-state index in [2.05, 4.69) is 31.4 Å². The molecule has 0 aliphatic rings. The fourth-order valence-corrected chi connectivity index (χ4v) is 3.47. The predicted octanol–water partition coefficient (Wildman–Crippen LogP) is 4.50. The molecule has 0 fully saturated rings. The van der Waals surface area contributed by atoms with Gasteiger partial charge in [0.05, 0.1) is 5.75 Å². The number of carbonyl (C=O) groups is 1. The van der Waals surface area contributed by atoms with Crippen LogP contribution < -0.4 is 10.1 Å². The summed E-state index contributed by atoms with van der Waals surface area (Å²) in [7, 11) is 1.87. The van der Waals surface area contributed by atoms with Crippen LogP contribution in [0.15, 0.2) is 52.1 Å². The van der Waals surface area contributed by atoms with Crippen LogP contribution in [0.3, 0.4) is 0 Å². The van der Waals surface area contributed by atoms with E-state index in [4.69, 9.17) is 4.74 Å². The third-order valence-electron chi connectivity index (χ3n) is 4.32. The third-order valence-corrected chi connectivity index (χ3v) is 5.87. The van der Waals surface area contributed by atoms with Crippen LogP contribution in [0.5, 0.6) is 5.75 Å². The Labute approximate surface area is 176 Å². The van der Waals surface area contributed by atoms with E-state index in [9.17, 15) is 4.79 Å². The first-order valence-electron chi connectivity index (χ1n) is 8.69. The first kappa shape index (κ1) is 20.4. The van der Waals surface area contributed by atoms with Crippen molar-refractivity contribution in [3.05, 3.63) is 63.9 Å². The van der Waals surface area contributed by atoms with E-state index < -0.39 is 0 Å². The molecule has 1 amide bonds. The number of carbonyl (C=O) groups excluding carboxylic acids is 1. The number of hydrogen-bond donors (Lipinski definition) is 1. The maximum atomic E-state index is 12.3. The molecule has 1 aromatic heterocycles. The Morgan fingerprint density at radius 2 is 1.93 bits per heavy atom. The number of amides is 1. The van der Waals surface area contributed by atoms with Gasteiger partial charge in [-0.05, 0) is 55.3 Å². The molecule has 3 rings (SSSR count). The minimum absolute atomic E-state index is 0.0747. The third kappa shape index (κ3) is 5.14. The Bertz CT molecular complexity index is 973. The van der Waals surface area contributed by atoms with E-state index in [1.807, 2.05) is 67.9 Å². The lowest BCUT2D eigenvalue weighted by atomic mass is 10.1. The van der Waals surface area contributed by atoms with Gasteiger partial charge in [-0.15, -0.1) is 10.2 Å². The molecule has 3 aromatic rings. The van der Waals surface area contributed by atoms with Gasteiger partial charge in [0, 0.05) is 17.2 Å². The maximum absolute atomic E-state index is 12.3. The second kappa shape index (κ2) is 9.25. The first-order valence-corrected chi connectivity index (χ1v) is 10.5. The molecule has 1 heterocycles. The van der Waals surface area contributed by atoms with Gasteiger partial charge >= 0.3 is 0 Å². The molecule has 146 valence electrons. The monoisotopic (exact) mass is 460 g/mol. The zero-order valence-corrected chi connectivity index (χ0v) is 18.3. The van der Waals surface area contributed by atoms with Gasteiger partial charge in [0.25, 0.3) is 0 Å². The first-order chi connectivity index (χ1) is 13.4. The van der Waals surface area contributed by atoms with Crippen molar-refractivity contribution in [3.63, 3.8) is 0 Å². The van der Waals surface area contributed by atoms with Crippen molar-refractivity contribution in [1.29, 1.82) is 0 Å². The standard InChI is InChI=1S/C20H21BrN4O2S/c1-13-5-4-6-17(14(13)2)22-19(26)12-28-20-24-23-18(25(20)3)11-27-16-9-7-15(21)8-10-16/h4-10H,11-12H2,1-3H3,(H,22,26). The zero-order valence-electron chi connectivity index (χ0n) is 15.9. The van der Waals surface area contributed by atoms with Gasteiger partial charge < -0.3 is 14.6 Å². The van der Waals surface area contributed by atoms with Crippen molar-refractivity contribution in [2.24, 2.45) is 7.05 Å². The molecule has 0 unspecified atom stereocenters. The Kier molecular flexibility index (Phi) is 6.74. The number of anilines is 1. The lowest BCUT2D eigenvalue weighted by molar-refractivity contribution is -0.113. The zero-order chi connectivity index (χ0) is 20.1. The van der Waals surface area contributed by atoms with Crippen LogP contribution in [0.4, 0.5) is 5.69 Å². The van der Waals surface area contributed by atoms with Crippen molar-refractivity contribution in [3.8, 4) is 5.75 Å². The van der Waals surface area contributed by atoms with Crippen LogP contribution >= 0.6 is 27.7 Å². The molecule has 0 saturated carbocycles. The molecule has 6 nitrogen and oxygen atoms in total. The summed E-state index contributed by atoms with van der Waals surface area (Å²) in [5.41, 5.74) is 3.06. The highest BCUT2D eigenvalue weighted by Gasteiger charge is 2.13. The SMILES string of the molecule is Cc1cccc(NC(=O)CSc2nnc(COc3ccc(Br)cc3)n2C)c1C. The van der Waals surface area contributed by atoms with Crippen molar-refractivity contribution in [1.82, 2.24) is 14.8 Å². The van der Waals surface area contributed by atoms with E-state index in [-0.39, 0.29) is 11.7 Å². The molecule has 0 radical (unpaired) electrons. The summed E-state index contributed by atoms with van der Waals surface area (Å²) in [6, 6.07) is 13.5. The van der Waals surface area contributed by atoms with Crippen LogP contribution in [0, 0.1) is 13.8 Å². The second-order valence-electron chi connectivity index (χ2n) is 6.28. The minimum Gasteiger partial charge on any atom is -0.486 e. The molecule has 8 heteroatoms. The number of nitrogens with zero attached hydrogens (tertiary/aromatic N) is 3. The highest BCUT2D eigenvalue weighted by Crippen LogP contribution is 2.21. The number of rotatable bonds is 7. The fraction of sp³-hybridized carbons (Fsp3) is 0.250. The minimum atomic E-state index is -0.0747. The predicted molar refractivity (Wildman–Crippen MR) is 115 cm³/mol. The molecule has 0 aliphatic heterocycles. The van der Waals surface area contributed by atoms with Gasteiger partial charge in [0.1, 0.15) is 12.4 Å². The summed E-state index contributed by atoms with van der Waals surface area (Å²) in [5, 5.41) is 11.9. The number of thioether (sulfide) groups is 1. The van der Waals surface area contributed by atoms with Crippen molar-refractivity contribution in [2.45, 2.75) is 25.6 Å². The molecular weight excluding hydrogens is 440 g/mol. The van der Waals surface area contributed by atoms with E-state index >= 15 is 0 Å². The van der Waals surface area contributed by atoms with Crippen LogP contribution in [0.2, 0.25) is 0 Å². The molecule has 0 bridgehead atoms. The maximum Gasteiger partial charge on any atom is 0.234 e. The molecule has 0 spiro atoms. The van der Waals surface area contributed by atoms with Gasteiger partial charge in [0.2, 0.25) is 5.91 Å². The van der Waals surface area contributed by atoms with E-state index in [0.29, 0.717) is 17.6 Å². The van der Waals surface area contributed by atoms with Crippen molar-refractivity contribution < 1.29 is 9.53 Å². The lowest BCUT2D eigenvalue weighted by Gasteiger charge is -2.10. The van der Waals surface area contributed by atoms with Crippen LogP contribution in [-0.4, -0.2) is 26.4 Å². The summed E-state index contributed by atoms with van der Waals surface area (Å²) in [5.74, 6) is 1.63.